The summed E-state index contributed by atoms with van der Waals surface area (Å²) in [4.78, 5) is 27.7. The van der Waals surface area contributed by atoms with Crippen molar-refractivity contribution in [3.63, 3.8) is 0 Å². The highest BCUT2D eigenvalue weighted by molar-refractivity contribution is 5.97. The first-order valence-electron chi connectivity index (χ1n) is 8.63. The number of nitrogens with zero attached hydrogens (tertiary/aromatic N) is 2. The van der Waals surface area contributed by atoms with E-state index < -0.39 is 5.97 Å². The van der Waals surface area contributed by atoms with Crippen LogP contribution in [0.1, 0.15) is 20.7 Å². The number of carboxylic acids is 1. The maximum atomic E-state index is 12.7. The van der Waals surface area contributed by atoms with Gasteiger partial charge >= 0.3 is 5.97 Å². The van der Waals surface area contributed by atoms with E-state index in [0.717, 1.165) is 5.69 Å². The average Bonchev–Trinajstić information content (AvgIpc) is 2.72. The summed E-state index contributed by atoms with van der Waals surface area (Å²) in [5.74, 6) is 0.153. The van der Waals surface area contributed by atoms with Gasteiger partial charge in [-0.05, 0) is 30.3 Å². The minimum Gasteiger partial charge on any atom is -0.493 e. The molecule has 1 saturated heterocycles. The van der Waals surface area contributed by atoms with Gasteiger partial charge in [0.05, 0.1) is 19.8 Å². The first-order valence-corrected chi connectivity index (χ1v) is 8.63. The predicted molar refractivity (Wildman–Crippen MR) is 101 cm³/mol. The van der Waals surface area contributed by atoms with E-state index in [2.05, 4.69) is 4.90 Å². The Hall–Kier alpha value is -3.22. The lowest BCUT2D eigenvalue weighted by Crippen LogP contribution is -2.48. The van der Waals surface area contributed by atoms with Gasteiger partial charge < -0.3 is 24.4 Å². The lowest BCUT2D eigenvalue weighted by molar-refractivity contribution is 0.0697. The molecule has 0 radical (unpaired) electrons. The highest BCUT2D eigenvalue weighted by Gasteiger charge is 2.23. The van der Waals surface area contributed by atoms with Crippen molar-refractivity contribution in [2.24, 2.45) is 0 Å². The zero-order chi connectivity index (χ0) is 19.4. The van der Waals surface area contributed by atoms with Crippen LogP contribution in [0.15, 0.2) is 42.5 Å². The minimum absolute atomic E-state index is 0.116. The van der Waals surface area contributed by atoms with E-state index in [1.54, 1.807) is 31.3 Å². The third kappa shape index (κ3) is 3.97. The monoisotopic (exact) mass is 370 g/mol. The van der Waals surface area contributed by atoms with Gasteiger partial charge in [0.25, 0.3) is 5.91 Å². The molecule has 1 amide bonds. The van der Waals surface area contributed by atoms with Crippen LogP contribution in [0.3, 0.4) is 0 Å². The number of hydrogen-bond acceptors (Lipinski definition) is 5. The first kappa shape index (κ1) is 18.6. The Labute approximate surface area is 157 Å². The van der Waals surface area contributed by atoms with Crippen LogP contribution in [0, 0.1) is 0 Å². The fraction of sp³-hybridized carbons (Fsp3) is 0.300. The lowest BCUT2D eigenvalue weighted by atomic mass is 10.1. The van der Waals surface area contributed by atoms with Gasteiger partial charge in [-0.2, -0.15) is 0 Å². The molecule has 1 heterocycles. The minimum atomic E-state index is -1.04. The van der Waals surface area contributed by atoms with Crippen LogP contribution in [0.4, 0.5) is 5.69 Å². The molecular weight excluding hydrogens is 348 g/mol. The van der Waals surface area contributed by atoms with E-state index in [0.29, 0.717) is 43.2 Å². The summed E-state index contributed by atoms with van der Waals surface area (Å²) in [5.41, 5.74) is 1.52. The van der Waals surface area contributed by atoms with Crippen molar-refractivity contribution >= 4 is 17.6 Å². The fourth-order valence-corrected chi connectivity index (χ4v) is 3.16. The van der Waals surface area contributed by atoms with E-state index in [1.807, 2.05) is 18.2 Å². The second-order valence-electron chi connectivity index (χ2n) is 6.20. The number of benzene rings is 2. The van der Waals surface area contributed by atoms with E-state index in [9.17, 15) is 9.59 Å². The molecule has 0 atom stereocenters. The molecule has 1 N–H and O–H groups in total. The van der Waals surface area contributed by atoms with Crippen LogP contribution in [0.2, 0.25) is 0 Å². The van der Waals surface area contributed by atoms with E-state index >= 15 is 0 Å². The largest absolute Gasteiger partial charge is 0.493 e. The normalized spacial score (nSPS) is 14.0. The molecule has 2 aromatic rings. The number of rotatable bonds is 5. The number of aromatic carboxylic acids is 1. The molecule has 0 aromatic heterocycles. The lowest BCUT2D eigenvalue weighted by Gasteiger charge is -2.36. The van der Waals surface area contributed by atoms with Gasteiger partial charge in [0.15, 0.2) is 11.5 Å². The fourth-order valence-electron chi connectivity index (χ4n) is 3.16. The Bertz CT molecular complexity index is 844. The molecule has 0 saturated carbocycles. The molecule has 142 valence electrons. The standard InChI is InChI=1S/C20H22N2O5/c1-26-17-7-6-16(13-18(17)27-2)21-8-10-22(11-9-21)19(23)14-4-3-5-15(12-14)20(24)25/h3-7,12-13H,8-11H2,1-2H3,(H,24,25). The molecule has 1 aliphatic heterocycles. The summed E-state index contributed by atoms with van der Waals surface area (Å²) in [6.07, 6.45) is 0. The highest BCUT2D eigenvalue weighted by atomic mass is 16.5. The number of carbonyl (C=O) groups excluding carboxylic acids is 1. The van der Waals surface area contributed by atoms with E-state index in [1.165, 1.54) is 12.1 Å². The van der Waals surface area contributed by atoms with Crippen LogP contribution < -0.4 is 14.4 Å². The molecule has 0 spiro atoms. The summed E-state index contributed by atoms with van der Waals surface area (Å²) < 4.78 is 10.6. The van der Waals surface area contributed by atoms with Crippen LogP contribution in [0.25, 0.3) is 0 Å². The van der Waals surface area contributed by atoms with Crippen LogP contribution >= 0.6 is 0 Å². The number of anilines is 1. The van der Waals surface area contributed by atoms with Gasteiger partial charge in [-0.25, -0.2) is 4.79 Å². The molecule has 7 heteroatoms. The topological polar surface area (TPSA) is 79.3 Å². The van der Waals surface area contributed by atoms with Crippen molar-refractivity contribution < 1.29 is 24.2 Å². The molecule has 0 bridgehead atoms. The van der Waals surface area contributed by atoms with Crippen molar-refractivity contribution in [1.82, 2.24) is 4.90 Å². The molecule has 7 nitrogen and oxygen atoms in total. The quantitative estimate of drug-likeness (QED) is 0.870. The molecule has 1 fully saturated rings. The van der Waals surface area contributed by atoms with Gasteiger partial charge in [0.1, 0.15) is 0 Å². The van der Waals surface area contributed by atoms with Gasteiger partial charge in [-0.15, -0.1) is 0 Å². The Morgan fingerprint density at radius 3 is 2.19 bits per heavy atom. The van der Waals surface area contributed by atoms with Crippen molar-refractivity contribution in [1.29, 1.82) is 0 Å². The van der Waals surface area contributed by atoms with Crippen molar-refractivity contribution in [2.45, 2.75) is 0 Å². The zero-order valence-electron chi connectivity index (χ0n) is 15.3. The number of amides is 1. The highest BCUT2D eigenvalue weighted by Crippen LogP contribution is 2.31. The molecule has 27 heavy (non-hydrogen) atoms. The summed E-state index contributed by atoms with van der Waals surface area (Å²) in [5, 5.41) is 9.09. The molecule has 2 aromatic carbocycles. The van der Waals surface area contributed by atoms with Gasteiger partial charge in [0.2, 0.25) is 0 Å². The summed E-state index contributed by atoms with van der Waals surface area (Å²) in [6, 6.07) is 11.9. The Kier molecular flexibility index (Phi) is 5.49. The van der Waals surface area contributed by atoms with E-state index in [-0.39, 0.29) is 11.5 Å². The maximum absolute atomic E-state index is 12.7. The second-order valence-corrected chi connectivity index (χ2v) is 6.20. The van der Waals surface area contributed by atoms with Gasteiger partial charge in [-0.3, -0.25) is 4.79 Å². The number of hydrogen-bond donors (Lipinski definition) is 1. The third-order valence-electron chi connectivity index (χ3n) is 4.66. The Balaban J connectivity index is 1.67. The molecule has 3 rings (SSSR count). The summed E-state index contributed by atoms with van der Waals surface area (Å²) >= 11 is 0. The summed E-state index contributed by atoms with van der Waals surface area (Å²) in [7, 11) is 3.20. The SMILES string of the molecule is COc1ccc(N2CCN(C(=O)c3cccc(C(=O)O)c3)CC2)cc1OC. The number of piperazine rings is 1. The van der Waals surface area contributed by atoms with Crippen molar-refractivity contribution in [3.8, 4) is 11.5 Å². The smallest absolute Gasteiger partial charge is 0.335 e. The summed E-state index contributed by atoms with van der Waals surface area (Å²) in [6.45, 7) is 2.48. The Morgan fingerprint density at radius 2 is 1.56 bits per heavy atom. The van der Waals surface area contributed by atoms with Gasteiger partial charge in [0, 0.05) is 43.5 Å². The molecule has 0 aliphatic carbocycles. The number of ether oxygens (including phenoxy) is 2. The zero-order valence-corrected chi connectivity index (χ0v) is 15.3. The van der Waals surface area contributed by atoms with Crippen LogP contribution in [-0.4, -0.2) is 62.3 Å². The molecule has 0 unspecified atom stereocenters. The molecular formula is C20H22N2O5. The second kappa shape index (κ2) is 7.99. The molecule has 1 aliphatic rings. The Morgan fingerprint density at radius 1 is 0.889 bits per heavy atom. The number of methoxy groups -OCH3 is 2. The average molecular weight is 370 g/mol. The number of carboxylic acid groups (broad SMARTS) is 1. The third-order valence-corrected chi connectivity index (χ3v) is 4.66. The first-order chi connectivity index (χ1) is 13.0. The van der Waals surface area contributed by atoms with Gasteiger partial charge in [-0.1, -0.05) is 6.07 Å². The number of carbonyl (C=O) groups is 2. The van der Waals surface area contributed by atoms with Crippen molar-refractivity contribution in [2.75, 3.05) is 45.3 Å². The van der Waals surface area contributed by atoms with Crippen LogP contribution in [-0.2, 0) is 0 Å². The van der Waals surface area contributed by atoms with Crippen molar-refractivity contribution in [3.05, 3.63) is 53.6 Å². The van der Waals surface area contributed by atoms with Crippen LogP contribution in [0.5, 0.6) is 11.5 Å². The predicted octanol–water partition coefficient (Wildman–Crippen LogP) is 2.36. The van der Waals surface area contributed by atoms with E-state index in [4.69, 9.17) is 14.6 Å². The maximum Gasteiger partial charge on any atom is 0.335 e.